The number of nitrogens with zero attached hydrogens (tertiary/aromatic N) is 1. The molecular weight excluding hydrogens is 599 g/mol. The van der Waals surface area contributed by atoms with Crippen LogP contribution in [0.2, 0.25) is 10.0 Å². The van der Waals surface area contributed by atoms with Crippen molar-refractivity contribution in [2.75, 3.05) is 6.54 Å². The molecule has 220 valence electrons. The van der Waals surface area contributed by atoms with Gasteiger partial charge in [0.15, 0.2) is 0 Å². The van der Waals surface area contributed by atoms with Crippen LogP contribution >= 0.6 is 23.2 Å². The lowest BCUT2D eigenvalue weighted by atomic mass is 9.93. The second-order valence-electron chi connectivity index (χ2n) is 10.7. The van der Waals surface area contributed by atoms with Gasteiger partial charge in [0.1, 0.15) is 11.8 Å². The number of benzene rings is 3. The highest BCUT2D eigenvalue weighted by atomic mass is 35.5. The van der Waals surface area contributed by atoms with Gasteiger partial charge in [-0.05, 0) is 72.1 Å². The van der Waals surface area contributed by atoms with Crippen molar-refractivity contribution >= 4 is 50.9 Å². The lowest BCUT2D eigenvalue weighted by Gasteiger charge is -2.29. The summed E-state index contributed by atoms with van der Waals surface area (Å²) in [6.45, 7) is 0.178. The molecule has 3 aromatic rings. The van der Waals surface area contributed by atoms with E-state index in [9.17, 15) is 27.9 Å². The highest BCUT2D eigenvalue weighted by molar-refractivity contribution is 7.89. The number of carboxylic acid groups (broad SMARTS) is 1. The fraction of sp³-hybridized carbons (Fsp3) is 0.323. The molecule has 2 aliphatic rings. The van der Waals surface area contributed by atoms with Crippen LogP contribution in [0.15, 0.2) is 65.6 Å². The van der Waals surface area contributed by atoms with Crippen LogP contribution in [-0.2, 0) is 39.0 Å². The Labute approximate surface area is 254 Å². The topological polar surface area (TPSA) is 121 Å². The molecule has 0 spiro atoms. The standard InChI is InChI=1S/C31H30Cl2N2O6S/c32-26-17-21-18-35(42(40,41)23-7-2-1-3-8-23)15-14-25(21)29(33)28(26)30(37)34-27(31(38)39)13-12-22(36)16-20-11-10-19-6-4-5-9-24(19)20/h1-9,17,20,27H,10-16,18H2,(H,34,37)(H,38,39)/t20-,27-/m0/s1. The summed E-state index contributed by atoms with van der Waals surface area (Å²) in [7, 11) is -3.74. The van der Waals surface area contributed by atoms with Crippen LogP contribution in [0.4, 0.5) is 0 Å². The predicted molar refractivity (Wildman–Crippen MR) is 159 cm³/mol. The van der Waals surface area contributed by atoms with E-state index in [-0.39, 0.29) is 64.6 Å². The summed E-state index contributed by atoms with van der Waals surface area (Å²) in [6, 6.07) is 16.3. The molecule has 5 rings (SSSR count). The van der Waals surface area contributed by atoms with E-state index in [1.165, 1.54) is 33.6 Å². The molecule has 1 aliphatic carbocycles. The third-order valence-corrected chi connectivity index (χ3v) is 10.6. The van der Waals surface area contributed by atoms with Gasteiger partial charge in [0.2, 0.25) is 10.0 Å². The van der Waals surface area contributed by atoms with Gasteiger partial charge in [-0.25, -0.2) is 13.2 Å². The van der Waals surface area contributed by atoms with Crippen LogP contribution in [0.5, 0.6) is 0 Å². The number of sulfonamides is 1. The summed E-state index contributed by atoms with van der Waals surface area (Å²) >= 11 is 13.1. The second kappa shape index (κ2) is 12.6. The molecule has 0 aromatic heterocycles. The minimum Gasteiger partial charge on any atom is -0.480 e. The Bertz CT molecular complexity index is 1640. The van der Waals surface area contributed by atoms with Crippen LogP contribution in [0.1, 0.15) is 64.2 Å². The Kier molecular flexibility index (Phi) is 9.03. The SMILES string of the molecule is O=C(CC[C@H](NC(=O)c1c(Cl)cc2c(c1Cl)CCN(S(=O)(=O)c1ccccc1)C2)C(=O)O)C[C@@H]1CCc2ccccc21. The van der Waals surface area contributed by atoms with Crippen molar-refractivity contribution in [2.24, 2.45) is 0 Å². The van der Waals surface area contributed by atoms with Gasteiger partial charge in [-0.15, -0.1) is 0 Å². The first kappa shape index (κ1) is 30.2. The molecule has 0 fully saturated rings. The summed E-state index contributed by atoms with van der Waals surface area (Å²) < 4.78 is 27.5. The summed E-state index contributed by atoms with van der Waals surface area (Å²) in [5.41, 5.74) is 3.50. The molecule has 42 heavy (non-hydrogen) atoms. The monoisotopic (exact) mass is 628 g/mol. The number of nitrogens with one attached hydrogen (secondary N) is 1. The second-order valence-corrected chi connectivity index (χ2v) is 13.4. The van der Waals surface area contributed by atoms with Crippen molar-refractivity contribution in [3.8, 4) is 0 Å². The lowest BCUT2D eigenvalue weighted by molar-refractivity contribution is -0.139. The number of halogens is 2. The molecule has 0 unspecified atom stereocenters. The molecular formula is C31H30Cl2N2O6S. The number of Topliss-reactive ketones (excluding diaryl/α,β-unsaturated/α-hetero) is 1. The number of carboxylic acids is 1. The van der Waals surface area contributed by atoms with Crippen molar-refractivity contribution in [3.63, 3.8) is 0 Å². The van der Waals surface area contributed by atoms with Gasteiger partial charge in [-0.2, -0.15) is 4.31 Å². The maximum Gasteiger partial charge on any atom is 0.326 e. The Morgan fingerprint density at radius 3 is 2.45 bits per heavy atom. The van der Waals surface area contributed by atoms with E-state index in [2.05, 4.69) is 11.4 Å². The fourth-order valence-electron chi connectivity index (χ4n) is 5.81. The molecule has 0 saturated carbocycles. The zero-order chi connectivity index (χ0) is 30.0. The van der Waals surface area contributed by atoms with Gasteiger partial charge < -0.3 is 10.4 Å². The van der Waals surface area contributed by atoms with E-state index < -0.39 is 27.9 Å². The van der Waals surface area contributed by atoms with Crippen LogP contribution in [0, 0.1) is 0 Å². The quantitative estimate of drug-likeness (QED) is 0.310. The van der Waals surface area contributed by atoms with Crippen LogP contribution in [0.25, 0.3) is 0 Å². The van der Waals surface area contributed by atoms with Crippen molar-refractivity contribution in [2.45, 2.75) is 61.9 Å². The third kappa shape index (κ3) is 6.24. The lowest BCUT2D eigenvalue weighted by Crippen LogP contribution is -2.41. The number of aliphatic carboxylic acids is 1. The van der Waals surface area contributed by atoms with Gasteiger partial charge in [-0.1, -0.05) is 65.7 Å². The third-order valence-electron chi connectivity index (χ3n) is 8.02. The average molecular weight is 630 g/mol. The molecule has 8 nitrogen and oxygen atoms in total. The van der Waals surface area contributed by atoms with Crippen LogP contribution in [0.3, 0.4) is 0 Å². The molecule has 3 aromatic carbocycles. The van der Waals surface area contributed by atoms with Crippen LogP contribution in [-0.4, -0.2) is 48.1 Å². The first-order valence-corrected chi connectivity index (χ1v) is 15.9. The van der Waals surface area contributed by atoms with Crippen LogP contribution < -0.4 is 5.32 Å². The smallest absolute Gasteiger partial charge is 0.326 e. The number of amides is 1. The van der Waals surface area contributed by atoms with E-state index in [1.807, 2.05) is 18.2 Å². The summed E-state index contributed by atoms with van der Waals surface area (Å²) in [5, 5.41) is 12.3. The van der Waals surface area contributed by atoms with Gasteiger partial charge in [0, 0.05) is 25.9 Å². The Morgan fingerprint density at radius 1 is 1.00 bits per heavy atom. The minimum absolute atomic E-state index is 0.00723. The highest BCUT2D eigenvalue weighted by Crippen LogP contribution is 2.37. The van der Waals surface area contributed by atoms with Gasteiger partial charge >= 0.3 is 5.97 Å². The van der Waals surface area contributed by atoms with E-state index >= 15 is 0 Å². The van der Waals surface area contributed by atoms with E-state index in [1.54, 1.807) is 18.2 Å². The van der Waals surface area contributed by atoms with E-state index in [0.717, 1.165) is 12.8 Å². The number of carbonyl (C=O) groups excluding carboxylic acids is 2. The van der Waals surface area contributed by atoms with Gasteiger partial charge in [0.05, 0.1) is 20.5 Å². The molecule has 0 saturated heterocycles. The summed E-state index contributed by atoms with van der Waals surface area (Å²) in [4.78, 5) is 38.1. The molecule has 1 amide bonds. The molecule has 0 radical (unpaired) electrons. The number of carbonyl (C=O) groups is 3. The number of aryl methyl sites for hydroxylation is 1. The van der Waals surface area contributed by atoms with Gasteiger partial charge in [-0.3, -0.25) is 9.59 Å². The fourth-order valence-corrected chi connectivity index (χ4v) is 8.01. The predicted octanol–water partition coefficient (Wildman–Crippen LogP) is 5.39. The number of rotatable bonds is 10. The van der Waals surface area contributed by atoms with Crippen molar-refractivity contribution in [1.82, 2.24) is 9.62 Å². The summed E-state index contributed by atoms with van der Waals surface area (Å²) in [6.07, 6.45) is 2.32. The minimum atomic E-state index is -3.74. The number of fused-ring (bicyclic) bond motifs is 2. The number of hydrogen-bond acceptors (Lipinski definition) is 5. The zero-order valence-electron chi connectivity index (χ0n) is 22.7. The number of hydrogen-bond donors (Lipinski definition) is 2. The maximum atomic E-state index is 13.2. The Hall–Kier alpha value is -3.24. The molecule has 2 N–H and O–H groups in total. The normalized spacial score (nSPS) is 17.2. The van der Waals surface area contributed by atoms with Gasteiger partial charge in [0.25, 0.3) is 5.91 Å². The Morgan fingerprint density at radius 2 is 1.71 bits per heavy atom. The highest BCUT2D eigenvalue weighted by Gasteiger charge is 2.33. The molecule has 1 heterocycles. The molecule has 0 bridgehead atoms. The largest absolute Gasteiger partial charge is 0.480 e. The Balaban J connectivity index is 1.25. The van der Waals surface area contributed by atoms with Crippen molar-refractivity contribution < 1.29 is 27.9 Å². The maximum absolute atomic E-state index is 13.2. The van der Waals surface area contributed by atoms with E-state index in [0.29, 0.717) is 17.5 Å². The van der Waals surface area contributed by atoms with E-state index in [4.69, 9.17) is 23.2 Å². The first-order valence-electron chi connectivity index (χ1n) is 13.7. The molecule has 11 heteroatoms. The number of ketones is 1. The summed E-state index contributed by atoms with van der Waals surface area (Å²) in [5.74, 6) is -1.97. The van der Waals surface area contributed by atoms with Crippen molar-refractivity contribution in [3.05, 3.63) is 98.5 Å². The average Bonchev–Trinajstić information content (AvgIpc) is 3.37. The van der Waals surface area contributed by atoms with Crippen molar-refractivity contribution in [1.29, 1.82) is 0 Å². The first-order chi connectivity index (χ1) is 20.1. The zero-order valence-corrected chi connectivity index (χ0v) is 25.0. The molecule has 2 atom stereocenters. The molecule has 1 aliphatic heterocycles.